The van der Waals surface area contributed by atoms with Gasteiger partial charge in [-0.05, 0) is 24.3 Å². The molecule has 0 bridgehead atoms. The predicted octanol–water partition coefficient (Wildman–Crippen LogP) is 2.47. The van der Waals surface area contributed by atoms with E-state index in [1.54, 1.807) is 18.2 Å². The standard InChI is InChI=1S/C14H9ClN4O3/c15-8-1-4-12-11(5-8)14(20)18-13(17-12)6-9-2-3-10(7-16-9)19(21)22/h1-5,7H,6H2,(H,17,18,20). The number of aromatic nitrogens is 3. The van der Waals surface area contributed by atoms with Crippen LogP contribution in [0, 0.1) is 10.1 Å². The highest BCUT2D eigenvalue weighted by Crippen LogP contribution is 2.15. The Bertz CT molecular complexity index is 922. The molecule has 1 aromatic carbocycles. The average Bonchev–Trinajstić information content (AvgIpc) is 2.49. The van der Waals surface area contributed by atoms with Crippen LogP contribution >= 0.6 is 11.6 Å². The first-order chi connectivity index (χ1) is 10.5. The summed E-state index contributed by atoms with van der Waals surface area (Å²) in [5.74, 6) is 0.432. The van der Waals surface area contributed by atoms with E-state index < -0.39 is 4.92 Å². The lowest BCUT2D eigenvalue weighted by Crippen LogP contribution is -2.12. The second-order valence-electron chi connectivity index (χ2n) is 4.62. The quantitative estimate of drug-likeness (QED) is 0.590. The van der Waals surface area contributed by atoms with Gasteiger partial charge in [-0.3, -0.25) is 19.9 Å². The van der Waals surface area contributed by atoms with E-state index in [1.807, 2.05) is 0 Å². The van der Waals surface area contributed by atoms with Crippen molar-refractivity contribution in [2.24, 2.45) is 0 Å². The molecule has 0 atom stereocenters. The fraction of sp³-hybridized carbons (Fsp3) is 0.0714. The van der Waals surface area contributed by atoms with Gasteiger partial charge in [0.15, 0.2) is 0 Å². The summed E-state index contributed by atoms with van der Waals surface area (Å²) in [7, 11) is 0. The van der Waals surface area contributed by atoms with Crippen LogP contribution in [0.1, 0.15) is 11.5 Å². The van der Waals surface area contributed by atoms with Gasteiger partial charge in [0, 0.05) is 23.2 Å². The number of fused-ring (bicyclic) bond motifs is 1. The van der Waals surface area contributed by atoms with Crippen LogP contribution in [0.25, 0.3) is 10.9 Å². The fourth-order valence-corrected chi connectivity index (χ4v) is 2.22. The highest BCUT2D eigenvalue weighted by Gasteiger charge is 2.08. The Morgan fingerprint density at radius 1 is 1.27 bits per heavy atom. The molecular formula is C14H9ClN4O3. The monoisotopic (exact) mass is 316 g/mol. The van der Waals surface area contributed by atoms with Crippen molar-refractivity contribution in [2.45, 2.75) is 6.42 Å². The fourth-order valence-electron chi connectivity index (χ4n) is 2.04. The largest absolute Gasteiger partial charge is 0.310 e. The van der Waals surface area contributed by atoms with E-state index in [2.05, 4.69) is 15.0 Å². The summed E-state index contributed by atoms with van der Waals surface area (Å²) >= 11 is 5.85. The summed E-state index contributed by atoms with van der Waals surface area (Å²) in [5.41, 5.74) is 0.731. The van der Waals surface area contributed by atoms with E-state index in [1.165, 1.54) is 18.3 Å². The number of nitrogens with one attached hydrogen (secondary N) is 1. The second-order valence-corrected chi connectivity index (χ2v) is 5.05. The van der Waals surface area contributed by atoms with Crippen molar-refractivity contribution in [3.8, 4) is 0 Å². The minimum atomic E-state index is -0.517. The summed E-state index contributed by atoms with van der Waals surface area (Å²) in [6.45, 7) is 0. The smallest absolute Gasteiger partial charge is 0.287 e. The van der Waals surface area contributed by atoms with Gasteiger partial charge in [-0.25, -0.2) is 4.98 Å². The second kappa shape index (κ2) is 5.53. The number of hydrogen-bond acceptors (Lipinski definition) is 5. The highest BCUT2D eigenvalue weighted by atomic mass is 35.5. The van der Waals surface area contributed by atoms with Gasteiger partial charge in [0.1, 0.15) is 12.0 Å². The summed E-state index contributed by atoms with van der Waals surface area (Å²) in [5, 5.41) is 11.5. The Kier molecular flexibility index (Phi) is 3.56. The van der Waals surface area contributed by atoms with Gasteiger partial charge < -0.3 is 4.98 Å². The van der Waals surface area contributed by atoms with Crippen molar-refractivity contribution in [2.75, 3.05) is 0 Å². The average molecular weight is 317 g/mol. The van der Waals surface area contributed by atoms with Crippen LogP contribution in [0.5, 0.6) is 0 Å². The maximum absolute atomic E-state index is 12.0. The Morgan fingerprint density at radius 3 is 2.77 bits per heavy atom. The molecule has 0 radical (unpaired) electrons. The molecule has 2 heterocycles. The molecule has 1 N–H and O–H groups in total. The molecular weight excluding hydrogens is 308 g/mol. The number of nitro groups is 1. The number of hydrogen-bond donors (Lipinski definition) is 1. The zero-order valence-electron chi connectivity index (χ0n) is 11.1. The Balaban J connectivity index is 1.95. The minimum absolute atomic E-state index is 0.0849. The van der Waals surface area contributed by atoms with Gasteiger partial charge in [-0.1, -0.05) is 11.6 Å². The van der Waals surface area contributed by atoms with Crippen LogP contribution in [0.2, 0.25) is 5.02 Å². The molecule has 0 saturated carbocycles. The van der Waals surface area contributed by atoms with Gasteiger partial charge >= 0.3 is 0 Å². The molecule has 2 aromatic heterocycles. The first-order valence-electron chi connectivity index (χ1n) is 6.31. The Labute approximate surface area is 128 Å². The van der Waals surface area contributed by atoms with Crippen LogP contribution in [-0.2, 0) is 6.42 Å². The summed E-state index contributed by atoms with van der Waals surface area (Å²) in [4.78, 5) is 33.1. The van der Waals surface area contributed by atoms with E-state index in [0.717, 1.165) is 0 Å². The maximum Gasteiger partial charge on any atom is 0.287 e. The molecule has 7 nitrogen and oxygen atoms in total. The van der Waals surface area contributed by atoms with Crippen molar-refractivity contribution in [3.05, 3.63) is 73.5 Å². The molecule has 3 rings (SSSR count). The summed E-state index contributed by atoms with van der Waals surface area (Å²) in [6, 6.07) is 7.77. The van der Waals surface area contributed by atoms with E-state index in [9.17, 15) is 14.9 Å². The zero-order chi connectivity index (χ0) is 15.7. The Hall–Kier alpha value is -2.80. The van der Waals surface area contributed by atoms with Crippen LogP contribution in [-0.4, -0.2) is 19.9 Å². The summed E-state index contributed by atoms with van der Waals surface area (Å²) in [6.07, 6.45) is 1.44. The molecule has 0 aliphatic heterocycles. The van der Waals surface area contributed by atoms with Gasteiger partial charge in [-0.15, -0.1) is 0 Å². The molecule has 0 fully saturated rings. The lowest BCUT2D eigenvalue weighted by Gasteiger charge is -2.03. The number of halogens is 1. The molecule has 110 valence electrons. The molecule has 0 aliphatic carbocycles. The molecule has 22 heavy (non-hydrogen) atoms. The number of rotatable bonds is 3. The van der Waals surface area contributed by atoms with Crippen molar-refractivity contribution in [1.29, 1.82) is 0 Å². The van der Waals surface area contributed by atoms with Crippen molar-refractivity contribution < 1.29 is 4.92 Å². The predicted molar refractivity (Wildman–Crippen MR) is 81.1 cm³/mol. The van der Waals surface area contributed by atoms with Gasteiger partial charge in [0.2, 0.25) is 0 Å². The lowest BCUT2D eigenvalue weighted by atomic mass is 10.2. The van der Waals surface area contributed by atoms with Crippen molar-refractivity contribution in [3.63, 3.8) is 0 Å². The van der Waals surface area contributed by atoms with Crippen LogP contribution in [0.4, 0.5) is 5.69 Å². The van der Waals surface area contributed by atoms with E-state index in [0.29, 0.717) is 27.4 Å². The molecule has 3 aromatic rings. The Morgan fingerprint density at radius 2 is 2.09 bits per heavy atom. The van der Waals surface area contributed by atoms with Gasteiger partial charge in [-0.2, -0.15) is 0 Å². The number of pyridine rings is 1. The van der Waals surface area contributed by atoms with Gasteiger partial charge in [0.05, 0.1) is 15.8 Å². The van der Waals surface area contributed by atoms with E-state index >= 15 is 0 Å². The first-order valence-corrected chi connectivity index (χ1v) is 6.68. The molecule has 0 saturated heterocycles. The third kappa shape index (κ3) is 2.79. The van der Waals surface area contributed by atoms with Crippen LogP contribution in [0.3, 0.4) is 0 Å². The third-order valence-electron chi connectivity index (χ3n) is 3.08. The van der Waals surface area contributed by atoms with Crippen LogP contribution < -0.4 is 5.56 Å². The number of H-pyrrole nitrogens is 1. The highest BCUT2D eigenvalue weighted by molar-refractivity contribution is 6.31. The first kappa shape index (κ1) is 14.2. The lowest BCUT2D eigenvalue weighted by molar-refractivity contribution is -0.385. The SMILES string of the molecule is O=c1[nH]c(Cc2ccc([N+](=O)[O-])cn2)nc2ccc(Cl)cc12. The number of aromatic amines is 1. The van der Waals surface area contributed by atoms with E-state index in [4.69, 9.17) is 11.6 Å². The number of nitrogens with zero attached hydrogens (tertiary/aromatic N) is 3. The summed E-state index contributed by atoms with van der Waals surface area (Å²) < 4.78 is 0. The maximum atomic E-state index is 12.0. The number of benzene rings is 1. The molecule has 0 unspecified atom stereocenters. The third-order valence-corrected chi connectivity index (χ3v) is 3.32. The molecule has 0 aliphatic rings. The topological polar surface area (TPSA) is 102 Å². The van der Waals surface area contributed by atoms with Crippen molar-refractivity contribution in [1.82, 2.24) is 15.0 Å². The molecule has 0 amide bonds. The molecule has 8 heteroatoms. The van der Waals surface area contributed by atoms with E-state index in [-0.39, 0.29) is 17.7 Å². The molecule has 0 spiro atoms. The van der Waals surface area contributed by atoms with Gasteiger partial charge in [0.25, 0.3) is 11.2 Å². The van der Waals surface area contributed by atoms with Crippen molar-refractivity contribution >= 4 is 28.2 Å². The zero-order valence-corrected chi connectivity index (χ0v) is 11.9. The normalized spacial score (nSPS) is 10.8. The minimum Gasteiger partial charge on any atom is -0.310 e. The van der Waals surface area contributed by atoms with Crippen LogP contribution in [0.15, 0.2) is 41.3 Å².